The number of aliphatic hydroxyl groups is 1. The fourth-order valence-corrected chi connectivity index (χ4v) is 4.73. The first-order chi connectivity index (χ1) is 16.8. The van der Waals surface area contributed by atoms with Crippen LogP contribution < -0.4 is 9.47 Å². The van der Waals surface area contributed by atoms with Crippen LogP contribution in [0.5, 0.6) is 11.5 Å². The molecule has 1 fully saturated rings. The first-order valence-electron chi connectivity index (χ1n) is 12.3. The van der Waals surface area contributed by atoms with Crippen molar-refractivity contribution in [2.24, 2.45) is 0 Å². The number of aryl methyl sites for hydroxylation is 4. The zero-order chi connectivity index (χ0) is 24.8. The summed E-state index contributed by atoms with van der Waals surface area (Å²) in [6, 6.07) is 12.1. The summed E-state index contributed by atoms with van der Waals surface area (Å²) in [7, 11) is 0. The highest BCUT2D eigenvalue weighted by Crippen LogP contribution is 2.28. The molecule has 1 aromatic heterocycles. The predicted octanol–water partition coefficient (Wildman–Crippen LogP) is 5.34. The third-order valence-corrected chi connectivity index (χ3v) is 7.04. The van der Waals surface area contributed by atoms with Crippen molar-refractivity contribution in [1.29, 1.82) is 0 Å². The van der Waals surface area contributed by atoms with E-state index in [0.29, 0.717) is 13.2 Å². The molecule has 0 amide bonds. The van der Waals surface area contributed by atoms with Gasteiger partial charge in [0.2, 0.25) is 0 Å². The Labute approximate surface area is 213 Å². The van der Waals surface area contributed by atoms with Gasteiger partial charge >= 0.3 is 0 Å². The highest BCUT2D eigenvalue weighted by Gasteiger charge is 2.34. The minimum absolute atomic E-state index is 0.273. The molecule has 1 aliphatic heterocycles. The van der Waals surface area contributed by atoms with Crippen molar-refractivity contribution in [3.63, 3.8) is 0 Å². The monoisotopic (exact) mass is 497 g/mol. The second-order valence-corrected chi connectivity index (χ2v) is 10.2. The zero-order valence-electron chi connectivity index (χ0n) is 21.0. The van der Waals surface area contributed by atoms with E-state index in [0.717, 1.165) is 66.5 Å². The van der Waals surface area contributed by atoms with Crippen LogP contribution in [0.2, 0.25) is 5.02 Å². The van der Waals surface area contributed by atoms with E-state index in [4.69, 9.17) is 21.1 Å². The van der Waals surface area contributed by atoms with Crippen LogP contribution in [0.1, 0.15) is 41.5 Å². The Bertz CT molecular complexity index is 1090. The van der Waals surface area contributed by atoms with Crippen molar-refractivity contribution < 1.29 is 14.6 Å². The molecule has 0 bridgehead atoms. The number of rotatable bonds is 10. The van der Waals surface area contributed by atoms with Crippen LogP contribution in [0.3, 0.4) is 0 Å². The lowest BCUT2D eigenvalue weighted by molar-refractivity contribution is -0.0621. The molecule has 7 heteroatoms. The van der Waals surface area contributed by atoms with Gasteiger partial charge in [-0.3, -0.25) is 9.58 Å². The number of benzene rings is 2. The molecule has 0 unspecified atom stereocenters. The van der Waals surface area contributed by atoms with Crippen molar-refractivity contribution in [2.75, 3.05) is 26.3 Å². The zero-order valence-corrected chi connectivity index (χ0v) is 21.7. The fourth-order valence-electron chi connectivity index (χ4n) is 4.62. The molecular formula is C28H36ClN3O3. The van der Waals surface area contributed by atoms with E-state index in [9.17, 15) is 5.11 Å². The molecule has 0 saturated carbocycles. The summed E-state index contributed by atoms with van der Waals surface area (Å²) >= 11 is 6.26. The second kappa shape index (κ2) is 11.5. The molecular weight excluding hydrogens is 462 g/mol. The van der Waals surface area contributed by atoms with Crippen LogP contribution in [-0.4, -0.2) is 51.7 Å². The van der Waals surface area contributed by atoms with E-state index < -0.39 is 5.60 Å². The van der Waals surface area contributed by atoms with Gasteiger partial charge in [0.05, 0.1) is 12.8 Å². The largest absolute Gasteiger partial charge is 0.494 e. The summed E-state index contributed by atoms with van der Waals surface area (Å²) in [5, 5.41) is 16.3. The van der Waals surface area contributed by atoms with Gasteiger partial charge < -0.3 is 14.6 Å². The number of aromatic nitrogens is 2. The number of hydrogen-bond acceptors (Lipinski definition) is 5. The van der Waals surface area contributed by atoms with Crippen molar-refractivity contribution in [3.8, 4) is 11.5 Å². The maximum absolute atomic E-state index is 11.2. The summed E-state index contributed by atoms with van der Waals surface area (Å²) in [6.07, 6.45) is 6.50. The maximum atomic E-state index is 11.2. The van der Waals surface area contributed by atoms with Crippen molar-refractivity contribution in [1.82, 2.24) is 14.7 Å². The van der Waals surface area contributed by atoms with Crippen LogP contribution in [-0.2, 0) is 13.1 Å². The SMILES string of the molecule is Cc1cnn(CCCOc2ccc(CN3CCC[C@@](O)(COc4cc(C)c(Cl)c(C)c4)C3)cc2)c1. The van der Waals surface area contributed by atoms with Gasteiger partial charge in [0.25, 0.3) is 0 Å². The number of β-amino-alcohol motifs (C(OH)–C–C–N with tert-alkyl or cyclic N) is 1. The number of halogens is 1. The summed E-state index contributed by atoms with van der Waals surface area (Å²) < 4.78 is 13.8. The maximum Gasteiger partial charge on any atom is 0.120 e. The van der Waals surface area contributed by atoms with Crippen LogP contribution in [0.15, 0.2) is 48.8 Å². The Morgan fingerprint density at radius 1 is 1.06 bits per heavy atom. The average molecular weight is 498 g/mol. The van der Waals surface area contributed by atoms with Gasteiger partial charge in [-0.05, 0) is 86.7 Å². The minimum Gasteiger partial charge on any atom is -0.494 e. The molecule has 6 nitrogen and oxygen atoms in total. The standard InChI is InChI=1S/C28H36ClN3O3/c1-21-16-30-32(17-21)12-5-13-34-25-8-6-24(7-9-25)18-31-11-4-10-28(33,19-31)20-35-26-14-22(2)27(29)23(3)15-26/h6-9,14-17,33H,4-5,10-13,18-20H2,1-3H3/t28-/m0/s1. The number of piperidine rings is 1. The Morgan fingerprint density at radius 2 is 1.80 bits per heavy atom. The molecule has 2 heterocycles. The molecule has 2 aromatic carbocycles. The van der Waals surface area contributed by atoms with E-state index in [-0.39, 0.29) is 6.61 Å². The molecule has 0 aliphatic carbocycles. The van der Waals surface area contributed by atoms with Gasteiger partial charge in [0.1, 0.15) is 23.7 Å². The van der Waals surface area contributed by atoms with Crippen molar-refractivity contribution in [3.05, 3.63) is 76.1 Å². The van der Waals surface area contributed by atoms with Crippen LogP contribution >= 0.6 is 11.6 Å². The molecule has 1 saturated heterocycles. The summed E-state index contributed by atoms with van der Waals surface area (Å²) in [5.41, 5.74) is 3.49. The number of ether oxygens (including phenoxy) is 2. The van der Waals surface area contributed by atoms with E-state index in [1.165, 1.54) is 11.1 Å². The van der Waals surface area contributed by atoms with Crippen molar-refractivity contribution >= 4 is 11.6 Å². The van der Waals surface area contributed by atoms with Gasteiger partial charge in [-0.1, -0.05) is 23.7 Å². The summed E-state index contributed by atoms with van der Waals surface area (Å²) in [5.74, 6) is 1.63. The average Bonchev–Trinajstić information content (AvgIpc) is 3.25. The minimum atomic E-state index is -0.865. The lowest BCUT2D eigenvalue weighted by atomic mass is 9.93. The molecule has 1 N–H and O–H groups in total. The normalized spacial score (nSPS) is 18.5. The van der Waals surface area contributed by atoms with E-state index in [1.54, 1.807) is 0 Å². The first kappa shape index (κ1) is 25.5. The quantitative estimate of drug-likeness (QED) is 0.383. The van der Waals surface area contributed by atoms with Crippen LogP contribution in [0.4, 0.5) is 0 Å². The molecule has 188 valence electrons. The second-order valence-electron chi connectivity index (χ2n) is 9.83. The van der Waals surface area contributed by atoms with Gasteiger partial charge in [0.15, 0.2) is 0 Å². The number of hydrogen-bond donors (Lipinski definition) is 1. The smallest absolute Gasteiger partial charge is 0.120 e. The van der Waals surface area contributed by atoms with E-state index in [1.807, 2.05) is 62.1 Å². The topological polar surface area (TPSA) is 59.8 Å². The lowest BCUT2D eigenvalue weighted by Crippen LogP contribution is -2.51. The Morgan fingerprint density at radius 3 is 2.49 bits per heavy atom. The Kier molecular flexibility index (Phi) is 8.37. The number of likely N-dealkylation sites (tertiary alicyclic amines) is 1. The highest BCUT2D eigenvalue weighted by atomic mass is 35.5. The highest BCUT2D eigenvalue weighted by molar-refractivity contribution is 6.32. The lowest BCUT2D eigenvalue weighted by Gasteiger charge is -2.39. The predicted molar refractivity (Wildman–Crippen MR) is 139 cm³/mol. The molecule has 1 atom stereocenters. The molecule has 35 heavy (non-hydrogen) atoms. The van der Waals surface area contributed by atoms with Gasteiger partial charge in [-0.15, -0.1) is 0 Å². The van der Waals surface area contributed by atoms with Gasteiger partial charge in [-0.25, -0.2) is 0 Å². The van der Waals surface area contributed by atoms with Crippen molar-refractivity contribution in [2.45, 2.75) is 58.7 Å². The third-order valence-electron chi connectivity index (χ3n) is 6.44. The number of nitrogens with zero attached hydrogens (tertiary/aromatic N) is 3. The molecule has 3 aromatic rings. The molecule has 0 spiro atoms. The first-order valence-corrected chi connectivity index (χ1v) is 12.7. The molecule has 0 radical (unpaired) electrons. The van der Waals surface area contributed by atoms with Gasteiger partial charge in [0, 0.05) is 37.3 Å². The molecule has 1 aliphatic rings. The van der Waals surface area contributed by atoms with Crippen LogP contribution in [0, 0.1) is 20.8 Å². The Balaban J connectivity index is 1.23. The summed E-state index contributed by atoms with van der Waals surface area (Å²) in [4.78, 5) is 2.30. The summed E-state index contributed by atoms with van der Waals surface area (Å²) in [6.45, 7) is 10.1. The third kappa shape index (κ3) is 7.23. The van der Waals surface area contributed by atoms with E-state index in [2.05, 4.69) is 22.1 Å². The Hall–Kier alpha value is -2.54. The van der Waals surface area contributed by atoms with Gasteiger partial charge in [-0.2, -0.15) is 5.10 Å². The van der Waals surface area contributed by atoms with Crippen LogP contribution in [0.25, 0.3) is 0 Å². The fraction of sp³-hybridized carbons (Fsp3) is 0.464. The van der Waals surface area contributed by atoms with E-state index >= 15 is 0 Å². The molecule has 4 rings (SSSR count).